The Hall–Kier alpha value is -0.0600. The Morgan fingerprint density at radius 1 is 1.35 bits per heavy atom. The van der Waals surface area contributed by atoms with Gasteiger partial charge in [-0.3, -0.25) is 4.52 Å². The van der Waals surface area contributed by atoms with E-state index in [0.717, 1.165) is 0 Å². The molecule has 0 N–H and O–H groups in total. The van der Waals surface area contributed by atoms with E-state index in [4.69, 9.17) is 18.7 Å². The van der Waals surface area contributed by atoms with Crippen molar-refractivity contribution in [1.82, 2.24) is 0 Å². The molecule has 2 unspecified atom stereocenters. The minimum atomic E-state index is -0.750. The third-order valence-corrected chi connectivity index (χ3v) is 3.33. The predicted molar refractivity (Wildman–Crippen MR) is 62.8 cm³/mol. The molecule has 2 atom stereocenters. The highest BCUT2D eigenvalue weighted by Gasteiger charge is 2.44. The van der Waals surface area contributed by atoms with Gasteiger partial charge in [0, 0.05) is 25.6 Å². The molecule has 1 aliphatic rings. The van der Waals surface area contributed by atoms with Gasteiger partial charge in [0.15, 0.2) is 12.1 Å². The van der Waals surface area contributed by atoms with Gasteiger partial charge in [-0.15, -0.1) is 0 Å². The largest absolute Gasteiger partial charge is 0.353 e. The molecule has 1 saturated heterocycles. The molecule has 17 heavy (non-hydrogen) atoms. The highest BCUT2D eigenvalue weighted by molar-refractivity contribution is 7.17. The average Bonchev–Trinajstić information content (AvgIpc) is 2.74. The van der Waals surface area contributed by atoms with Crippen molar-refractivity contribution in [2.24, 2.45) is 5.92 Å². The van der Waals surface area contributed by atoms with Crippen LogP contribution in [0.3, 0.4) is 0 Å². The summed E-state index contributed by atoms with van der Waals surface area (Å²) in [5, 5.41) is 0. The quantitative estimate of drug-likeness (QED) is 0.498. The second kappa shape index (κ2) is 7.39. The fourth-order valence-electron chi connectivity index (χ4n) is 2.04. The SMILES string of the molecule is CCOC(OCC)C1COC(CC)(OP=O)C1. The van der Waals surface area contributed by atoms with Crippen molar-refractivity contribution in [3.8, 4) is 0 Å². The van der Waals surface area contributed by atoms with E-state index in [1.807, 2.05) is 20.8 Å². The molecule has 1 aliphatic heterocycles. The van der Waals surface area contributed by atoms with Crippen LogP contribution in [0, 0.1) is 5.92 Å². The summed E-state index contributed by atoms with van der Waals surface area (Å²) in [5.41, 5.74) is 0. The third kappa shape index (κ3) is 3.97. The topological polar surface area (TPSA) is 54.0 Å². The van der Waals surface area contributed by atoms with Crippen LogP contribution in [-0.4, -0.2) is 31.9 Å². The maximum absolute atomic E-state index is 10.6. The zero-order valence-corrected chi connectivity index (χ0v) is 11.6. The average molecular weight is 264 g/mol. The number of rotatable bonds is 8. The van der Waals surface area contributed by atoms with Gasteiger partial charge in [0.1, 0.15) is 0 Å². The summed E-state index contributed by atoms with van der Waals surface area (Å²) < 4.78 is 32.5. The van der Waals surface area contributed by atoms with Gasteiger partial charge in [0.2, 0.25) is 0 Å². The second-order valence-electron chi connectivity index (χ2n) is 3.98. The van der Waals surface area contributed by atoms with E-state index in [1.54, 1.807) is 0 Å². The minimum absolute atomic E-state index is 0.122. The van der Waals surface area contributed by atoms with Gasteiger partial charge in [-0.05, 0) is 20.3 Å². The summed E-state index contributed by atoms with van der Waals surface area (Å²) in [6, 6.07) is 0. The van der Waals surface area contributed by atoms with Crippen LogP contribution >= 0.6 is 8.69 Å². The van der Waals surface area contributed by atoms with E-state index in [-0.39, 0.29) is 20.9 Å². The molecular formula is C11H21O5P. The molecule has 0 radical (unpaired) electrons. The van der Waals surface area contributed by atoms with Gasteiger partial charge in [-0.25, -0.2) is 4.57 Å². The zero-order valence-electron chi connectivity index (χ0n) is 10.7. The second-order valence-corrected chi connectivity index (χ2v) is 4.32. The van der Waals surface area contributed by atoms with Crippen molar-refractivity contribution in [3.63, 3.8) is 0 Å². The fourth-order valence-corrected chi connectivity index (χ4v) is 2.43. The van der Waals surface area contributed by atoms with Crippen molar-refractivity contribution in [2.75, 3.05) is 19.8 Å². The normalized spacial score (nSPS) is 29.3. The molecule has 1 fully saturated rings. The van der Waals surface area contributed by atoms with Gasteiger partial charge in [0.25, 0.3) is 0 Å². The lowest BCUT2D eigenvalue weighted by atomic mass is 10.0. The first kappa shape index (κ1) is 15.0. The lowest BCUT2D eigenvalue weighted by Gasteiger charge is -2.25. The molecule has 1 heterocycles. The Kier molecular flexibility index (Phi) is 6.52. The monoisotopic (exact) mass is 264 g/mol. The molecule has 0 aromatic heterocycles. The van der Waals surface area contributed by atoms with Crippen LogP contribution in [0.15, 0.2) is 0 Å². The Labute approximate surface area is 104 Å². The van der Waals surface area contributed by atoms with Crippen LogP contribution in [0.4, 0.5) is 0 Å². The van der Waals surface area contributed by atoms with Crippen LogP contribution in [0.5, 0.6) is 0 Å². The molecule has 6 heteroatoms. The van der Waals surface area contributed by atoms with Crippen molar-refractivity contribution in [2.45, 2.75) is 45.7 Å². The molecule has 0 spiro atoms. The number of hydrogen-bond donors (Lipinski definition) is 0. The van der Waals surface area contributed by atoms with E-state index < -0.39 is 5.79 Å². The molecule has 100 valence electrons. The van der Waals surface area contributed by atoms with Crippen molar-refractivity contribution < 1.29 is 23.3 Å². The van der Waals surface area contributed by atoms with Gasteiger partial charge in [-0.2, -0.15) is 0 Å². The number of ether oxygens (including phenoxy) is 3. The van der Waals surface area contributed by atoms with Crippen LogP contribution in [0.2, 0.25) is 0 Å². The van der Waals surface area contributed by atoms with E-state index >= 15 is 0 Å². The van der Waals surface area contributed by atoms with Crippen molar-refractivity contribution >= 4 is 8.69 Å². The van der Waals surface area contributed by atoms with Gasteiger partial charge in [0.05, 0.1) is 6.61 Å². The van der Waals surface area contributed by atoms with Gasteiger partial charge >= 0.3 is 8.69 Å². The molecular weight excluding hydrogens is 243 g/mol. The Balaban J connectivity index is 2.58. The first-order chi connectivity index (χ1) is 8.21. The highest BCUT2D eigenvalue weighted by atomic mass is 31.1. The first-order valence-corrected chi connectivity index (χ1v) is 6.82. The number of hydrogen-bond acceptors (Lipinski definition) is 5. The highest BCUT2D eigenvalue weighted by Crippen LogP contribution is 2.38. The van der Waals surface area contributed by atoms with Crippen molar-refractivity contribution in [1.29, 1.82) is 0 Å². The van der Waals surface area contributed by atoms with Crippen LogP contribution in [-0.2, 0) is 23.3 Å². The molecule has 0 aromatic rings. The standard InChI is InChI=1S/C11H21O5P/c1-4-11(16-17-12)7-9(8-15-11)10(13-5-2)14-6-3/h9-10H,4-8H2,1-3H3. The molecule has 0 aliphatic carbocycles. The van der Waals surface area contributed by atoms with Crippen LogP contribution < -0.4 is 0 Å². The molecule has 0 saturated carbocycles. The Bertz CT molecular complexity index is 232. The summed E-state index contributed by atoms with van der Waals surface area (Å²) in [6.45, 7) is 7.52. The van der Waals surface area contributed by atoms with Gasteiger partial charge < -0.3 is 14.2 Å². The molecule has 0 bridgehead atoms. The summed E-state index contributed by atoms with van der Waals surface area (Å²) in [6.07, 6.45) is 1.03. The van der Waals surface area contributed by atoms with E-state index in [9.17, 15) is 4.57 Å². The minimum Gasteiger partial charge on any atom is -0.353 e. The molecule has 0 aromatic carbocycles. The summed E-state index contributed by atoms with van der Waals surface area (Å²) >= 11 is 0. The van der Waals surface area contributed by atoms with Gasteiger partial charge in [-0.1, -0.05) is 6.92 Å². The van der Waals surface area contributed by atoms with E-state index in [1.165, 1.54) is 0 Å². The third-order valence-electron chi connectivity index (χ3n) is 2.92. The lowest BCUT2D eigenvalue weighted by Crippen LogP contribution is -2.31. The van der Waals surface area contributed by atoms with E-state index in [0.29, 0.717) is 32.7 Å². The Morgan fingerprint density at radius 3 is 2.47 bits per heavy atom. The molecule has 5 nitrogen and oxygen atoms in total. The fraction of sp³-hybridized carbons (Fsp3) is 1.00. The summed E-state index contributed by atoms with van der Waals surface area (Å²) in [5.74, 6) is -0.628. The van der Waals surface area contributed by atoms with Crippen LogP contribution in [0.1, 0.15) is 33.6 Å². The maximum Gasteiger partial charge on any atom is 0.330 e. The smallest absolute Gasteiger partial charge is 0.330 e. The van der Waals surface area contributed by atoms with E-state index in [2.05, 4.69) is 0 Å². The lowest BCUT2D eigenvalue weighted by molar-refractivity contribution is -0.166. The molecule has 0 amide bonds. The summed E-state index contributed by atoms with van der Waals surface area (Å²) in [4.78, 5) is 0. The van der Waals surface area contributed by atoms with Crippen LogP contribution in [0.25, 0.3) is 0 Å². The maximum atomic E-state index is 10.6. The van der Waals surface area contributed by atoms with Crippen molar-refractivity contribution in [3.05, 3.63) is 0 Å². The first-order valence-electron chi connectivity index (χ1n) is 6.09. The predicted octanol–water partition coefficient (Wildman–Crippen LogP) is 2.75. The Morgan fingerprint density at radius 2 is 2.00 bits per heavy atom. The zero-order chi connectivity index (χ0) is 12.7. The summed E-state index contributed by atoms with van der Waals surface area (Å²) in [7, 11) is -0.348. The molecule has 1 rings (SSSR count).